The summed E-state index contributed by atoms with van der Waals surface area (Å²) in [5.41, 5.74) is 2.88. The van der Waals surface area contributed by atoms with Gasteiger partial charge in [-0.15, -0.1) is 0 Å². The number of benzene rings is 2. The van der Waals surface area contributed by atoms with Crippen molar-refractivity contribution in [3.63, 3.8) is 0 Å². The molecule has 19 heavy (non-hydrogen) atoms. The minimum absolute atomic E-state index is 0.0830. The molecule has 0 aliphatic carbocycles. The Morgan fingerprint density at radius 1 is 0.789 bits per heavy atom. The van der Waals surface area contributed by atoms with Gasteiger partial charge < -0.3 is 15.3 Å². The SMILES string of the molecule is OCCC=C(c1ccc(O)cc1)c1ccc(O)cc1. The van der Waals surface area contributed by atoms with Gasteiger partial charge in [-0.3, -0.25) is 0 Å². The van der Waals surface area contributed by atoms with E-state index in [1.807, 2.05) is 30.3 Å². The summed E-state index contributed by atoms with van der Waals surface area (Å²) in [6, 6.07) is 13.8. The molecule has 0 saturated heterocycles. The van der Waals surface area contributed by atoms with E-state index < -0.39 is 0 Å². The largest absolute Gasteiger partial charge is 0.508 e. The third-order valence-electron chi connectivity index (χ3n) is 2.83. The van der Waals surface area contributed by atoms with E-state index in [0.29, 0.717) is 6.42 Å². The van der Waals surface area contributed by atoms with Crippen LogP contribution in [0.25, 0.3) is 5.57 Å². The Kier molecular flexibility index (Phi) is 4.21. The second kappa shape index (κ2) is 6.07. The monoisotopic (exact) mass is 256 g/mol. The number of aliphatic hydroxyl groups is 1. The highest BCUT2D eigenvalue weighted by molar-refractivity contribution is 5.80. The van der Waals surface area contributed by atoms with Gasteiger partial charge in [-0.05, 0) is 47.4 Å². The third-order valence-corrected chi connectivity index (χ3v) is 2.83. The number of rotatable bonds is 4. The maximum Gasteiger partial charge on any atom is 0.115 e. The number of aliphatic hydroxyl groups excluding tert-OH is 1. The van der Waals surface area contributed by atoms with E-state index in [-0.39, 0.29) is 18.1 Å². The molecule has 0 radical (unpaired) electrons. The molecule has 2 rings (SSSR count). The molecule has 0 atom stereocenters. The Labute approximate surface area is 112 Å². The van der Waals surface area contributed by atoms with Crippen molar-refractivity contribution >= 4 is 5.57 Å². The molecule has 0 aliphatic heterocycles. The maximum absolute atomic E-state index is 9.33. The van der Waals surface area contributed by atoms with Gasteiger partial charge in [-0.1, -0.05) is 30.3 Å². The molecular weight excluding hydrogens is 240 g/mol. The van der Waals surface area contributed by atoms with Crippen LogP contribution in [0.5, 0.6) is 11.5 Å². The average molecular weight is 256 g/mol. The Morgan fingerprint density at radius 2 is 1.21 bits per heavy atom. The van der Waals surface area contributed by atoms with Crippen LogP contribution in [0, 0.1) is 0 Å². The molecule has 3 N–H and O–H groups in total. The molecule has 2 aromatic rings. The van der Waals surface area contributed by atoms with E-state index in [9.17, 15) is 10.2 Å². The standard InChI is InChI=1S/C16H16O3/c17-11-1-2-16(12-3-7-14(18)8-4-12)13-5-9-15(19)10-6-13/h2-10,17-19H,1,11H2. The lowest BCUT2D eigenvalue weighted by molar-refractivity contribution is 0.303. The summed E-state index contributed by atoms with van der Waals surface area (Å²) in [5.74, 6) is 0.437. The van der Waals surface area contributed by atoms with Crippen molar-refractivity contribution < 1.29 is 15.3 Å². The normalized spacial score (nSPS) is 10.2. The Bertz CT molecular complexity index is 506. The van der Waals surface area contributed by atoms with Crippen molar-refractivity contribution in [2.24, 2.45) is 0 Å². The highest BCUT2D eigenvalue weighted by Gasteiger charge is 2.05. The zero-order valence-electron chi connectivity index (χ0n) is 10.5. The van der Waals surface area contributed by atoms with E-state index >= 15 is 0 Å². The van der Waals surface area contributed by atoms with Crippen LogP contribution in [0.15, 0.2) is 54.6 Å². The van der Waals surface area contributed by atoms with Crippen molar-refractivity contribution in [1.29, 1.82) is 0 Å². The lowest BCUT2D eigenvalue weighted by Gasteiger charge is -2.09. The van der Waals surface area contributed by atoms with Gasteiger partial charge in [0.15, 0.2) is 0 Å². The van der Waals surface area contributed by atoms with Crippen LogP contribution in [0.4, 0.5) is 0 Å². The fourth-order valence-electron chi connectivity index (χ4n) is 1.89. The van der Waals surface area contributed by atoms with Crippen molar-refractivity contribution in [1.82, 2.24) is 0 Å². The molecule has 98 valence electrons. The summed E-state index contributed by atoms with van der Waals surface area (Å²) < 4.78 is 0. The van der Waals surface area contributed by atoms with Crippen molar-refractivity contribution in [2.75, 3.05) is 6.61 Å². The Hall–Kier alpha value is -2.26. The minimum atomic E-state index is 0.0830. The van der Waals surface area contributed by atoms with Gasteiger partial charge in [-0.25, -0.2) is 0 Å². The van der Waals surface area contributed by atoms with E-state index in [4.69, 9.17) is 5.11 Å². The first kappa shape index (κ1) is 13.2. The Balaban J connectivity index is 2.41. The maximum atomic E-state index is 9.33. The van der Waals surface area contributed by atoms with Crippen LogP contribution in [-0.2, 0) is 0 Å². The van der Waals surface area contributed by atoms with E-state index in [1.54, 1.807) is 24.3 Å². The van der Waals surface area contributed by atoms with Gasteiger partial charge in [0.25, 0.3) is 0 Å². The molecule has 0 bridgehead atoms. The summed E-state index contributed by atoms with van der Waals surface area (Å²) in [6.07, 6.45) is 2.50. The second-order valence-electron chi connectivity index (χ2n) is 4.22. The first-order valence-corrected chi connectivity index (χ1v) is 6.10. The molecule has 3 nitrogen and oxygen atoms in total. The van der Waals surface area contributed by atoms with Gasteiger partial charge >= 0.3 is 0 Å². The molecular formula is C16H16O3. The topological polar surface area (TPSA) is 60.7 Å². The summed E-state index contributed by atoms with van der Waals surface area (Å²) in [4.78, 5) is 0. The molecule has 3 heteroatoms. The van der Waals surface area contributed by atoms with Crippen LogP contribution in [0.2, 0.25) is 0 Å². The second-order valence-corrected chi connectivity index (χ2v) is 4.22. The quantitative estimate of drug-likeness (QED) is 0.788. The highest BCUT2D eigenvalue weighted by atomic mass is 16.3. The van der Waals surface area contributed by atoms with Crippen LogP contribution in [0.1, 0.15) is 17.5 Å². The van der Waals surface area contributed by atoms with Crippen LogP contribution < -0.4 is 0 Å². The number of phenols is 2. The molecule has 0 aromatic heterocycles. The van der Waals surface area contributed by atoms with Crippen LogP contribution in [0.3, 0.4) is 0 Å². The molecule has 0 fully saturated rings. The van der Waals surface area contributed by atoms with Gasteiger partial charge in [0.2, 0.25) is 0 Å². The van der Waals surface area contributed by atoms with E-state index in [1.165, 1.54) is 0 Å². The molecule has 0 aliphatic rings. The molecule has 0 unspecified atom stereocenters. The molecule has 2 aromatic carbocycles. The molecule has 0 spiro atoms. The zero-order valence-corrected chi connectivity index (χ0v) is 10.5. The van der Waals surface area contributed by atoms with E-state index in [2.05, 4.69) is 0 Å². The molecule has 0 saturated carbocycles. The highest BCUT2D eigenvalue weighted by Crippen LogP contribution is 2.26. The van der Waals surface area contributed by atoms with Crippen LogP contribution in [-0.4, -0.2) is 21.9 Å². The third kappa shape index (κ3) is 3.36. The minimum Gasteiger partial charge on any atom is -0.508 e. The van der Waals surface area contributed by atoms with Gasteiger partial charge in [-0.2, -0.15) is 0 Å². The van der Waals surface area contributed by atoms with E-state index in [0.717, 1.165) is 16.7 Å². The lowest BCUT2D eigenvalue weighted by Crippen LogP contribution is -1.89. The van der Waals surface area contributed by atoms with Gasteiger partial charge in [0.1, 0.15) is 11.5 Å². The summed E-state index contributed by atoms with van der Waals surface area (Å²) in [5, 5.41) is 27.6. The van der Waals surface area contributed by atoms with Crippen molar-refractivity contribution in [3.05, 3.63) is 65.7 Å². The fraction of sp³-hybridized carbons (Fsp3) is 0.125. The van der Waals surface area contributed by atoms with Crippen molar-refractivity contribution in [3.8, 4) is 11.5 Å². The fourth-order valence-corrected chi connectivity index (χ4v) is 1.89. The van der Waals surface area contributed by atoms with Crippen LogP contribution >= 0.6 is 0 Å². The van der Waals surface area contributed by atoms with Gasteiger partial charge in [0, 0.05) is 6.61 Å². The molecule has 0 amide bonds. The average Bonchev–Trinajstić information content (AvgIpc) is 2.43. The number of hydrogen-bond donors (Lipinski definition) is 3. The number of hydrogen-bond acceptors (Lipinski definition) is 3. The summed E-state index contributed by atoms with van der Waals surface area (Å²) in [7, 11) is 0. The lowest BCUT2D eigenvalue weighted by atomic mass is 9.97. The number of aromatic hydroxyl groups is 2. The van der Waals surface area contributed by atoms with Crippen molar-refractivity contribution in [2.45, 2.75) is 6.42 Å². The summed E-state index contributed by atoms with van der Waals surface area (Å²) in [6.45, 7) is 0.0830. The number of phenolic OH excluding ortho intramolecular Hbond substituents is 2. The smallest absolute Gasteiger partial charge is 0.115 e. The molecule has 0 heterocycles. The first-order chi connectivity index (χ1) is 9.20. The zero-order chi connectivity index (χ0) is 13.7. The van der Waals surface area contributed by atoms with Gasteiger partial charge in [0.05, 0.1) is 0 Å². The Morgan fingerprint density at radius 3 is 1.58 bits per heavy atom. The summed E-state index contributed by atoms with van der Waals surface area (Å²) >= 11 is 0. The first-order valence-electron chi connectivity index (χ1n) is 6.10. The predicted molar refractivity (Wildman–Crippen MR) is 75.0 cm³/mol. The predicted octanol–water partition coefficient (Wildman–Crippen LogP) is 2.91.